The fourth-order valence-electron chi connectivity index (χ4n) is 0.681. The number of nitrogens with one attached hydrogen (secondary N) is 2. The van der Waals surface area contributed by atoms with E-state index in [1.165, 1.54) is 6.33 Å². The molecule has 0 spiro atoms. The number of nitrogens with zero attached hydrogens (tertiary/aromatic N) is 1. The lowest BCUT2D eigenvalue weighted by atomic mass is 10.5. The zero-order chi connectivity index (χ0) is 8.97. The van der Waals surface area contributed by atoms with Crippen molar-refractivity contribution in [3.63, 3.8) is 0 Å². The van der Waals surface area contributed by atoms with Crippen LogP contribution in [-0.2, 0) is 0 Å². The summed E-state index contributed by atoms with van der Waals surface area (Å²) in [5.74, 6) is 0.438. The molecule has 66 valence electrons. The largest absolute Gasteiger partial charge is 0.395 e. The highest BCUT2D eigenvalue weighted by Crippen LogP contribution is 2.11. The van der Waals surface area contributed by atoms with E-state index < -0.39 is 0 Å². The van der Waals surface area contributed by atoms with Crippen LogP contribution in [0.2, 0.25) is 0 Å². The first-order chi connectivity index (χ1) is 5.75. The third-order valence-electron chi connectivity index (χ3n) is 1.20. The van der Waals surface area contributed by atoms with Crippen LogP contribution >= 0.6 is 15.9 Å². The standard InChI is InChI=1S/C6H8BrN3O2/c7-4-5(8-1-2-11)9-3-10-6(4)12/h3,11H,1-2H2,(H2,8,9,10,12). The Morgan fingerprint density at radius 2 is 2.50 bits per heavy atom. The number of anilines is 1. The molecule has 0 saturated heterocycles. The molecule has 1 aromatic heterocycles. The van der Waals surface area contributed by atoms with E-state index >= 15 is 0 Å². The summed E-state index contributed by atoms with van der Waals surface area (Å²) in [6, 6.07) is 0. The Labute approximate surface area is 77.0 Å². The van der Waals surface area contributed by atoms with E-state index in [1.54, 1.807) is 0 Å². The molecule has 0 aliphatic carbocycles. The summed E-state index contributed by atoms with van der Waals surface area (Å²) in [4.78, 5) is 17.2. The monoisotopic (exact) mass is 233 g/mol. The quantitative estimate of drug-likeness (QED) is 0.684. The average molecular weight is 234 g/mol. The van der Waals surface area contributed by atoms with Gasteiger partial charge in [-0.2, -0.15) is 0 Å². The van der Waals surface area contributed by atoms with E-state index in [2.05, 4.69) is 31.2 Å². The van der Waals surface area contributed by atoms with Crippen LogP contribution in [-0.4, -0.2) is 28.2 Å². The van der Waals surface area contributed by atoms with E-state index in [4.69, 9.17) is 5.11 Å². The lowest BCUT2D eigenvalue weighted by Gasteiger charge is -2.03. The molecule has 1 heterocycles. The van der Waals surface area contributed by atoms with Crippen molar-refractivity contribution in [2.24, 2.45) is 0 Å². The molecule has 5 nitrogen and oxygen atoms in total. The molecule has 6 heteroatoms. The van der Waals surface area contributed by atoms with Gasteiger partial charge in [0.05, 0.1) is 12.9 Å². The molecule has 1 rings (SSSR count). The minimum absolute atomic E-state index is 0.000912. The SMILES string of the molecule is O=c1[nH]cnc(NCCO)c1Br. The van der Waals surface area contributed by atoms with Gasteiger partial charge in [-0.05, 0) is 15.9 Å². The minimum Gasteiger partial charge on any atom is -0.395 e. The predicted octanol–water partition coefficient (Wildman–Crippen LogP) is -0.0634. The topological polar surface area (TPSA) is 78.0 Å². The second kappa shape index (κ2) is 4.22. The maximum atomic E-state index is 11.0. The molecular formula is C6H8BrN3O2. The highest BCUT2D eigenvalue weighted by molar-refractivity contribution is 9.10. The molecule has 0 radical (unpaired) electrons. The van der Waals surface area contributed by atoms with Crippen molar-refractivity contribution in [3.05, 3.63) is 21.2 Å². The molecule has 12 heavy (non-hydrogen) atoms. The lowest BCUT2D eigenvalue weighted by molar-refractivity contribution is 0.311. The fraction of sp³-hybridized carbons (Fsp3) is 0.333. The molecule has 1 aromatic rings. The summed E-state index contributed by atoms with van der Waals surface area (Å²) < 4.78 is 0.346. The van der Waals surface area contributed by atoms with Crippen molar-refractivity contribution in [2.75, 3.05) is 18.5 Å². The van der Waals surface area contributed by atoms with Crippen LogP contribution < -0.4 is 10.9 Å². The second-order valence-corrected chi connectivity index (χ2v) is 2.84. The average Bonchev–Trinajstić information content (AvgIpc) is 2.08. The number of H-pyrrole nitrogens is 1. The van der Waals surface area contributed by atoms with E-state index in [-0.39, 0.29) is 12.2 Å². The zero-order valence-electron chi connectivity index (χ0n) is 6.17. The van der Waals surface area contributed by atoms with Gasteiger partial charge in [0.25, 0.3) is 5.56 Å². The highest BCUT2D eigenvalue weighted by Gasteiger charge is 2.02. The number of aromatic nitrogens is 2. The van der Waals surface area contributed by atoms with Gasteiger partial charge in [-0.1, -0.05) is 0 Å². The van der Waals surface area contributed by atoms with Gasteiger partial charge >= 0.3 is 0 Å². The van der Waals surface area contributed by atoms with Crippen LogP contribution in [0, 0.1) is 0 Å². The molecule has 0 bridgehead atoms. The molecule has 0 aromatic carbocycles. The molecule has 0 saturated carbocycles. The smallest absolute Gasteiger partial charge is 0.267 e. The Balaban J connectivity index is 2.85. The number of rotatable bonds is 3. The third-order valence-corrected chi connectivity index (χ3v) is 1.94. The Kier molecular flexibility index (Phi) is 3.24. The molecular weight excluding hydrogens is 226 g/mol. The molecule has 0 aliphatic rings. The van der Waals surface area contributed by atoms with Crippen LogP contribution in [0.15, 0.2) is 15.6 Å². The first kappa shape index (κ1) is 9.21. The van der Waals surface area contributed by atoms with Crippen molar-refractivity contribution in [3.8, 4) is 0 Å². The predicted molar refractivity (Wildman–Crippen MR) is 48.1 cm³/mol. The third kappa shape index (κ3) is 2.05. The normalized spacial score (nSPS) is 9.83. The van der Waals surface area contributed by atoms with Crippen LogP contribution in [0.3, 0.4) is 0 Å². The number of aliphatic hydroxyl groups is 1. The van der Waals surface area contributed by atoms with Gasteiger partial charge in [-0.25, -0.2) is 4.98 Å². The highest BCUT2D eigenvalue weighted by atomic mass is 79.9. The van der Waals surface area contributed by atoms with Crippen LogP contribution in [0.25, 0.3) is 0 Å². The van der Waals surface area contributed by atoms with Gasteiger partial charge in [-0.15, -0.1) is 0 Å². The molecule has 3 N–H and O–H groups in total. The van der Waals surface area contributed by atoms with Crippen molar-refractivity contribution in [2.45, 2.75) is 0 Å². The number of halogens is 1. The molecule has 0 unspecified atom stereocenters. The van der Waals surface area contributed by atoms with Gasteiger partial charge < -0.3 is 15.4 Å². The summed E-state index contributed by atoms with van der Waals surface area (Å²) >= 11 is 3.06. The summed E-state index contributed by atoms with van der Waals surface area (Å²) in [6.45, 7) is 0.371. The summed E-state index contributed by atoms with van der Waals surface area (Å²) in [7, 11) is 0. The van der Waals surface area contributed by atoms with E-state index in [0.29, 0.717) is 16.8 Å². The summed E-state index contributed by atoms with van der Waals surface area (Å²) in [5.41, 5.74) is -0.245. The van der Waals surface area contributed by atoms with E-state index in [1.807, 2.05) is 0 Å². The number of aliphatic hydroxyl groups excluding tert-OH is 1. The Morgan fingerprint density at radius 3 is 3.17 bits per heavy atom. The molecule has 0 aliphatic heterocycles. The van der Waals surface area contributed by atoms with Crippen LogP contribution in [0.5, 0.6) is 0 Å². The Bertz CT molecular complexity index is 312. The zero-order valence-corrected chi connectivity index (χ0v) is 7.76. The van der Waals surface area contributed by atoms with Crippen molar-refractivity contribution >= 4 is 21.7 Å². The molecule has 0 amide bonds. The summed E-state index contributed by atoms with van der Waals surface area (Å²) in [6.07, 6.45) is 1.30. The van der Waals surface area contributed by atoms with Gasteiger partial charge in [-0.3, -0.25) is 4.79 Å². The van der Waals surface area contributed by atoms with Crippen LogP contribution in [0.4, 0.5) is 5.82 Å². The van der Waals surface area contributed by atoms with Crippen molar-refractivity contribution < 1.29 is 5.11 Å². The maximum absolute atomic E-state index is 11.0. The lowest BCUT2D eigenvalue weighted by Crippen LogP contribution is -2.14. The van der Waals surface area contributed by atoms with Gasteiger partial charge in [0.2, 0.25) is 0 Å². The molecule has 0 atom stereocenters. The van der Waals surface area contributed by atoms with E-state index in [0.717, 1.165) is 0 Å². The Hall–Kier alpha value is -0.880. The second-order valence-electron chi connectivity index (χ2n) is 2.04. The Morgan fingerprint density at radius 1 is 1.75 bits per heavy atom. The fourth-order valence-corrected chi connectivity index (χ4v) is 1.04. The van der Waals surface area contributed by atoms with Gasteiger partial charge in [0.15, 0.2) is 0 Å². The summed E-state index contributed by atoms with van der Waals surface area (Å²) in [5, 5.41) is 11.3. The van der Waals surface area contributed by atoms with Crippen molar-refractivity contribution in [1.29, 1.82) is 0 Å². The van der Waals surface area contributed by atoms with Crippen molar-refractivity contribution in [1.82, 2.24) is 9.97 Å². The number of aromatic amines is 1. The van der Waals surface area contributed by atoms with Gasteiger partial charge in [0, 0.05) is 6.54 Å². The van der Waals surface area contributed by atoms with Crippen LogP contribution in [0.1, 0.15) is 0 Å². The molecule has 0 fully saturated rings. The maximum Gasteiger partial charge on any atom is 0.267 e. The van der Waals surface area contributed by atoms with Gasteiger partial charge in [0.1, 0.15) is 10.3 Å². The number of hydrogen-bond acceptors (Lipinski definition) is 4. The first-order valence-electron chi connectivity index (χ1n) is 3.33. The number of hydrogen-bond donors (Lipinski definition) is 3. The minimum atomic E-state index is -0.245. The van der Waals surface area contributed by atoms with E-state index in [9.17, 15) is 4.79 Å². The first-order valence-corrected chi connectivity index (χ1v) is 4.13.